The van der Waals surface area contributed by atoms with E-state index in [9.17, 15) is 18.0 Å². The second-order valence-corrected chi connectivity index (χ2v) is 7.89. The second kappa shape index (κ2) is 12.0. The van der Waals surface area contributed by atoms with Crippen LogP contribution in [0.1, 0.15) is 53.6 Å². The van der Waals surface area contributed by atoms with Gasteiger partial charge in [-0.15, -0.1) is 35.3 Å². The number of guanidine groups is 1. The summed E-state index contributed by atoms with van der Waals surface area (Å²) in [4.78, 5) is 22.7. The maximum Gasteiger partial charge on any atom is 0.401 e. The van der Waals surface area contributed by atoms with Crippen molar-refractivity contribution in [2.45, 2.75) is 52.4 Å². The molecule has 0 aliphatic carbocycles. The van der Waals surface area contributed by atoms with E-state index in [1.165, 1.54) is 16.2 Å². The summed E-state index contributed by atoms with van der Waals surface area (Å²) in [6.45, 7) is 7.89. The Balaban J connectivity index is 0.00000450. The molecule has 0 saturated carbocycles. The molecule has 0 radical (unpaired) electrons. The van der Waals surface area contributed by atoms with Crippen LogP contribution < -0.4 is 10.6 Å². The van der Waals surface area contributed by atoms with Crippen molar-refractivity contribution in [3.05, 3.63) is 15.6 Å². The van der Waals surface area contributed by atoms with Crippen molar-refractivity contribution in [3.63, 3.8) is 0 Å². The Hall–Kier alpha value is -1.15. The lowest BCUT2D eigenvalue weighted by atomic mass is 10.2. The molecule has 0 amide bonds. The maximum absolute atomic E-state index is 12.6. The highest BCUT2D eigenvalue weighted by atomic mass is 127. The number of rotatable bonds is 7. The molecule has 2 rings (SSSR count). The molecule has 1 fully saturated rings. The molecule has 2 N–H and O–H groups in total. The average molecular weight is 563 g/mol. The topological polar surface area (TPSA) is 78.9 Å². The molecule has 0 aromatic carbocycles. The maximum atomic E-state index is 12.6. The predicted molar refractivity (Wildman–Crippen MR) is 122 cm³/mol. The first-order valence-corrected chi connectivity index (χ1v) is 10.5. The number of hydrogen-bond acceptors (Lipinski definition) is 6. The number of likely N-dealkylation sites (tertiary alicyclic amines) is 1. The molecule has 1 aliphatic rings. The number of carbonyl (C=O) groups is 1. The number of halogens is 4. The molecule has 1 aromatic heterocycles. The number of alkyl halides is 3. The van der Waals surface area contributed by atoms with E-state index in [1.54, 1.807) is 13.8 Å². The molecule has 1 aromatic rings. The minimum Gasteiger partial charge on any atom is -0.462 e. The van der Waals surface area contributed by atoms with Gasteiger partial charge in [-0.25, -0.2) is 9.78 Å². The summed E-state index contributed by atoms with van der Waals surface area (Å²) in [6.07, 6.45) is -3.58. The van der Waals surface area contributed by atoms with Crippen LogP contribution in [0.5, 0.6) is 0 Å². The normalized spacial score (nSPS) is 18.6. The van der Waals surface area contributed by atoms with Gasteiger partial charge in [0.1, 0.15) is 9.88 Å². The van der Waals surface area contributed by atoms with Gasteiger partial charge in [0.05, 0.1) is 24.9 Å². The van der Waals surface area contributed by atoms with E-state index in [0.29, 0.717) is 54.2 Å². The molecular formula is C18H29F3IN5O2S. The van der Waals surface area contributed by atoms with Gasteiger partial charge in [-0.05, 0) is 34.1 Å². The molecule has 0 bridgehead atoms. The number of carbonyl (C=O) groups excluding carboxylic acids is 1. The lowest BCUT2D eigenvalue weighted by molar-refractivity contribution is -0.143. The fourth-order valence-corrected chi connectivity index (χ4v) is 4.05. The molecule has 30 heavy (non-hydrogen) atoms. The van der Waals surface area contributed by atoms with E-state index in [0.717, 1.165) is 0 Å². The summed E-state index contributed by atoms with van der Waals surface area (Å²) in [5.74, 6) is 0.127. The number of esters is 1. The van der Waals surface area contributed by atoms with E-state index in [4.69, 9.17) is 4.74 Å². The van der Waals surface area contributed by atoms with E-state index >= 15 is 0 Å². The van der Waals surface area contributed by atoms with E-state index in [1.807, 2.05) is 13.8 Å². The van der Waals surface area contributed by atoms with Crippen LogP contribution in [-0.4, -0.2) is 66.8 Å². The fourth-order valence-electron chi connectivity index (χ4n) is 3.09. The number of ether oxygens (including phenoxy) is 1. The first kappa shape index (κ1) is 26.9. The van der Waals surface area contributed by atoms with Crippen LogP contribution >= 0.6 is 35.3 Å². The average Bonchev–Trinajstić information content (AvgIpc) is 3.20. The number of nitrogens with zero attached hydrogens (tertiary/aromatic N) is 3. The lowest BCUT2D eigenvalue weighted by Crippen LogP contribution is -2.46. The van der Waals surface area contributed by atoms with Crippen molar-refractivity contribution < 1.29 is 22.7 Å². The van der Waals surface area contributed by atoms with Crippen LogP contribution in [0.2, 0.25) is 0 Å². The van der Waals surface area contributed by atoms with Gasteiger partial charge in [0.25, 0.3) is 0 Å². The van der Waals surface area contributed by atoms with Crippen molar-refractivity contribution in [2.75, 3.05) is 32.8 Å². The van der Waals surface area contributed by atoms with Crippen molar-refractivity contribution in [3.8, 4) is 0 Å². The summed E-state index contributed by atoms with van der Waals surface area (Å²) < 4.78 is 42.8. The largest absolute Gasteiger partial charge is 0.462 e. The molecule has 172 valence electrons. The zero-order valence-electron chi connectivity index (χ0n) is 17.5. The number of aromatic nitrogens is 1. The smallest absolute Gasteiger partial charge is 0.401 e. The minimum atomic E-state index is -4.19. The van der Waals surface area contributed by atoms with Crippen molar-refractivity contribution in [1.82, 2.24) is 20.5 Å². The van der Waals surface area contributed by atoms with Gasteiger partial charge in [-0.1, -0.05) is 0 Å². The number of thiazole rings is 1. The van der Waals surface area contributed by atoms with Crippen LogP contribution in [0.15, 0.2) is 4.99 Å². The van der Waals surface area contributed by atoms with Crippen LogP contribution in [0.3, 0.4) is 0 Å². The van der Waals surface area contributed by atoms with Crippen LogP contribution in [0.25, 0.3) is 0 Å². The molecule has 2 heterocycles. The number of aryl methyl sites for hydroxylation is 1. The summed E-state index contributed by atoms with van der Waals surface area (Å²) >= 11 is 1.26. The van der Waals surface area contributed by atoms with Crippen molar-refractivity contribution in [1.29, 1.82) is 0 Å². The Kier molecular flexibility index (Phi) is 10.8. The quantitative estimate of drug-likeness (QED) is 0.229. The van der Waals surface area contributed by atoms with Gasteiger partial charge >= 0.3 is 12.1 Å². The monoisotopic (exact) mass is 563 g/mol. The van der Waals surface area contributed by atoms with Crippen molar-refractivity contribution >= 4 is 47.2 Å². The predicted octanol–water partition coefficient (Wildman–Crippen LogP) is 3.50. The van der Waals surface area contributed by atoms with Gasteiger partial charge < -0.3 is 15.4 Å². The van der Waals surface area contributed by atoms with Gasteiger partial charge in [0.2, 0.25) is 0 Å². The number of nitrogens with one attached hydrogen (secondary N) is 2. The van der Waals surface area contributed by atoms with Gasteiger partial charge in [0, 0.05) is 25.7 Å². The molecular weight excluding hydrogens is 534 g/mol. The Morgan fingerprint density at radius 1 is 1.43 bits per heavy atom. The third kappa shape index (κ3) is 8.17. The van der Waals surface area contributed by atoms with Crippen LogP contribution in [0, 0.1) is 6.92 Å². The molecule has 1 saturated heterocycles. The first-order valence-electron chi connectivity index (χ1n) is 9.64. The summed E-state index contributed by atoms with van der Waals surface area (Å²) in [5, 5.41) is 7.15. The molecule has 7 nitrogen and oxygen atoms in total. The summed E-state index contributed by atoms with van der Waals surface area (Å²) in [7, 11) is 0. The summed E-state index contributed by atoms with van der Waals surface area (Å²) in [6, 6.07) is -0.345. The Bertz CT molecular complexity index is 729. The highest BCUT2D eigenvalue weighted by molar-refractivity contribution is 14.0. The van der Waals surface area contributed by atoms with E-state index in [2.05, 4.69) is 20.6 Å². The minimum absolute atomic E-state index is 0. The Labute approximate surface area is 195 Å². The number of aliphatic imine (C=N–C) groups is 1. The van der Waals surface area contributed by atoms with Gasteiger partial charge in [-0.3, -0.25) is 9.89 Å². The zero-order chi connectivity index (χ0) is 21.6. The first-order chi connectivity index (χ1) is 13.6. The second-order valence-electron chi connectivity index (χ2n) is 6.86. The third-order valence-electron chi connectivity index (χ3n) is 4.33. The molecule has 1 aliphatic heterocycles. The van der Waals surface area contributed by atoms with E-state index < -0.39 is 18.7 Å². The van der Waals surface area contributed by atoms with Crippen LogP contribution in [0.4, 0.5) is 13.2 Å². The lowest BCUT2D eigenvalue weighted by Gasteiger charge is -2.21. The molecule has 12 heteroatoms. The zero-order valence-corrected chi connectivity index (χ0v) is 20.7. The molecule has 2 atom stereocenters. The highest BCUT2D eigenvalue weighted by Crippen LogP contribution is 2.24. The Morgan fingerprint density at radius 3 is 2.73 bits per heavy atom. The summed E-state index contributed by atoms with van der Waals surface area (Å²) in [5.41, 5.74) is 0.609. The molecule has 2 unspecified atom stereocenters. The molecule has 0 spiro atoms. The third-order valence-corrected chi connectivity index (χ3v) is 5.65. The van der Waals surface area contributed by atoms with E-state index in [-0.39, 0.29) is 36.1 Å². The highest BCUT2D eigenvalue weighted by Gasteiger charge is 2.34. The standard InChI is InChI=1S/C18H28F3N5O2S.HI/c1-5-22-17(25-13-7-8-26(9-13)10-18(19,20)21)24-12(4)15-23-11(3)14(29-15)16(27)28-6-2;/h12-13H,5-10H2,1-4H3,(H2,22,24,25);1H. The van der Waals surface area contributed by atoms with Crippen molar-refractivity contribution in [2.24, 2.45) is 4.99 Å². The number of hydrogen-bond donors (Lipinski definition) is 2. The van der Waals surface area contributed by atoms with Gasteiger partial charge in [0.15, 0.2) is 5.96 Å². The van der Waals surface area contributed by atoms with Crippen LogP contribution in [-0.2, 0) is 4.74 Å². The SMILES string of the molecule is CCN=C(NC1CCN(CC(F)(F)F)C1)NC(C)c1nc(C)c(C(=O)OCC)s1.I. The van der Waals surface area contributed by atoms with Gasteiger partial charge in [-0.2, -0.15) is 13.2 Å². The Morgan fingerprint density at radius 2 is 2.13 bits per heavy atom. The fraction of sp³-hybridized carbons (Fsp3) is 0.722.